The Bertz CT molecular complexity index is 462. The molecule has 2 rings (SSSR count). The molecule has 0 saturated carbocycles. The molecule has 1 heterocycles. The van der Waals surface area contributed by atoms with E-state index in [0.717, 1.165) is 5.56 Å². The van der Waals surface area contributed by atoms with Crippen molar-refractivity contribution in [2.24, 2.45) is 0 Å². The van der Waals surface area contributed by atoms with E-state index in [2.05, 4.69) is 20.5 Å². The third-order valence-electron chi connectivity index (χ3n) is 2.06. The Hall–Kier alpha value is -2.37. The van der Waals surface area contributed by atoms with E-state index in [1.165, 1.54) is 6.33 Å². The van der Waals surface area contributed by atoms with Crippen molar-refractivity contribution < 1.29 is 4.79 Å². The summed E-state index contributed by atoms with van der Waals surface area (Å²) in [6.45, 7) is 0.430. The molecule has 0 aliphatic rings. The Morgan fingerprint density at radius 2 is 2.12 bits per heavy atom. The fourth-order valence-electron chi connectivity index (χ4n) is 1.22. The molecule has 0 atom stereocenters. The molecule has 6 nitrogen and oxygen atoms in total. The van der Waals surface area contributed by atoms with Gasteiger partial charge in [0, 0.05) is 12.2 Å². The summed E-state index contributed by atoms with van der Waals surface area (Å²) in [5.41, 5.74) is 7.22. The summed E-state index contributed by atoms with van der Waals surface area (Å²) in [4.78, 5) is 15.2. The number of nitrogens with one attached hydrogen (secondary N) is 2. The summed E-state index contributed by atoms with van der Waals surface area (Å²) in [6, 6.07) is 7.29. The van der Waals surface area contributed by atoms with Gasteiger partial charge in [0.25, 0.3) is 5.91 Å². The molecule has 1 aromatic carbocycles. The van der Waals surface area contributed by atoms with Crippen molar-refractivity contribution in [3.8, 4) is 0 Å². The molecule has 82 valence electrons. The van der Waals surface area contributed by atoms with Crippen LogP contribution in [0.25, 0.3) is 0 Å². The second-order valence-corrected chi connectivity index (χ2v) is 3.26. The number of carbonyl (C=O) groups excluding carboxylic acids is 1. The number of carbonyl (C=O) groups is 1. The van der Waals surface area contributed by atoms with Gasteiger partial charge in [0.05, 0.1) is 0 Å². The number of nitrogen functional groups attached to an aromatic ring is 1. The number of amides is 1. The van der Waals surface area contributed by atoms with E-state index in [1.54, 1.807) is 12.1 Å². The number of hydrogen-bond acceptors (Lipinski definition) is 4. The molecule has 0 unspecified atom stereocenters. The van der Waals surface area contributed by atoms with Crippen LogP contribution in [0.4, 0.5) is 5.69 Å². The zero-order valence-corrected chi connectivity index (χ0v) is 8.47. The minimum Gasteiger partial charge on any atom is -0.399 e. The average Bonchev–Trinajstić information content (AvgIpc) is 2.81. The first-order chi connectivity index (χ1) is 7.75. The van der Waals surface area contributed by atoms with Crippen LogP contribution in [0, 0.1) is 0 Å². The highest BCUT2D eigenvalue weighted by atomic mass is 16.2. The standard InChI is InChI=1S/C10H11N5O/c11-8-3-1-7(2-4-8)5-12-10(16)9-13-6-14-15-9/h1-4,6H,5,11H2,(H,12,16)(H,13,14,15). The Morgan fingerprint density at radius 1 is 1.38 bits per heavy atom. The molecule has 1 aromatic heterocycles. The molecular weight excluding hydrogens is 206 g/mol. The minimum absolute atomic E-state index is 0.204. The number of hydrogen-bond donors (Lipinski definition) is 3. The monoisotopic (exact) mass is 217 g/mol. The van der Waals surface area contributed by atoms with Crippen molar-refractivity contribution in [2.45, 2.75) is 6.54 Å². The largest absolute Gasteiger partial charge is 0.399 e. The second-order valence-electron chi connectivity index (χ2n) is 3.26. The van der Waals surface area contributed by atoms with Crippen LogP contribution in [0.2, 0.25) is 0 Å². The van der Waals surface area contributed by atoms with Gasteiger partial charge in [-0.3, -0.25) is 9.89 Å². The number of H-pyrrole nitrogens is 1. The Labute approximate surface area is 91.9 Å². The van der Waals surface area contributed by atoms with E-state index < -0.39 is 0 Å². The third-order valence-corrected chi connectivity index (χ3v) is 2.06. The molecule has 0 aliphatic heterocycles. The van der Waals surface area contributed by atoms with Crippen LogP contribution in [-0.4, -0.2) is 21.1 Å². The summed E-state index contributed by atoms with van der Waals surface area (Å²) in [7, 11) is 0. The van der Waals surface area contributed by atoms with Crippen molar-refractivity contribution in [3.05, 3.63) is 42.0 Å². The maximum atomic E-state index is 11.5. The van der Waals surface area contributed by atoms with Crippen molar-refractivity contribution in [2.75, 3.05) is 5.73 Å². The van der Waals surface area contributed by atoms with Crippen LogP contribution in [0.1, 0.15) is 16.2 Å². The van der Waals surface area contributed by atoms with Crippen LogP contribution >= 0.6 is 0 Å². The van der Waals surface area contributed by atoms with Crippen LogP contribution in [-0.2, 0) is 6.54 Å². The average molecular weight is 217 g/mol. The highest BCUT2D eigenvalue weighted by Gasteiger charge is 2.07. The van der Waals surface area contributed by atoms with Gasteiger partial charge >= 0.3 is 0 Å². The van der Waals surface area contributed by atoms with Gasteiger partial charge in [-0.2, -0.15) is 5.10 Å². The Kier molecular flexibility index (Phi) is 2.81. The first-order valence-electron chi connectivity index (χ1n) is 4.73. The number of nitrogens with two attached hydrogens (primary N) is 1. The Balaban J connectivity index is 1.93. The van der Waals surface area contributed by atoms with Crippen molar-refractivity contribution >= 4 is 11.6 Å². The Morgan fingerprint density at radius 3 is 2.75 bits per heavy atom. The molecule has 16 heavy (non-hydrogen) atoms. The van der Waals surface area contributed by atoms with Gasteiger partial charge in [-0.25, -0.2) is 4.98 Å². The van der Waals surface area contributed by atoms with Gasteiger partial charge in [-0.05, 0) is 17.7 Å². The van der Waals surface area contributed by atoms with Gasteiger partial charge in [-0.1, -0.05) is 12.1 Å². The molecule has 6 heteroatoms. The lowest BCUT2D eigenvalue weighted by Crippen LogP contribution is -2.23. The predicted molar refractivity (Wildman–Crippen MR) is 58.4 cm³/mol. The van der Waals surface area contributed by atoms with Gasteiger partial charge < -0.3 is 11.1 Å². The first kappa shape index (κ1) is 10.2. The van der Waals surface area contributed by atoms with E-state index in [4.69, 9.17) is 5.73 Å². The summed E-state index contributed by atoms with van der Waals surface area (Å²) in [6.07, 6.45) is 1.29. The number of nitrogens with zero attached hydrogens (tertiary/aromatic N) is 2. The quantitative estimate of drug-likeness (QED) is 0.645. The molecule has 1 amide bonds. The maximum Gasteiger partial charge on any atom is 0.288 e. The lowest BCUT2D eigenvalue weighted by Gasteiger charge is -2.03. The molecular formula is C10H11N5O. The van der Waals surface area contributed by atoms with Crippen LogP contribution in [0.15, 0.2) is 30.6 Å². The number of aromatic nitrogens is 3. The van der Waals surface area contributed by atoms with Crippen molar-refractivity contribution in [3.63, 3.8) is 0 Å². The minimum atomic E-state index is -0.283. The SMILES string of the molecule is Nc1ccc(CNC(=O)c2ncn[nH]2)cc1. The van der Waals surface area contributed by atoms with E-state index >= 15 is 0 Å². The zero-order chi connectivity index (χ0) is 11.4. The third kappa shape index (κ3) is 2.35. The van der Waals surface area contributed by atoms with Crippen LogP contribution < -0.4 is 11.1 Å². The van der Waals surface area contributed by atoms with E-state index in [9.17, 15) is 4.79 Å². The summed E-state index contributed by atoms with van der Waals surface area (Å²) in [5, 5.41) is 8.79. The fraction of sp³-hybridized carbons (Fsp3) is 0.100. The van der Waals surface area contributed by atoms with Gasteiger partial charge in [0.1, 0.15) is 6.33 Å². The second kappa shape index (κ2) is 4.43. The molecule has 2 aromatic rings. The number of anilines is 1. The van der Waals surface area contributed by atoms with Gasteiger partial charge in [0.15, 0.2) is 0 Å². The zero-order valence-electron chi connectivity index (χ0n) is 8.47. The molecule has 0 fully saturated rings. The topological polar surface area (TPSA) is 96.7 Å². The fourth-order valence-corrected chi connectivity index (χ4v) is 1.22. The maximum absolute atomic E-state index is 11.5. The van der Waals surface area contributed by atoms with Crippen molar-refractivity contribution in [1.82, 2.24) is 20.5 Å². The predicted octanol–water partition coefficient (Wildman–Crippen LogP) is 0.317. The highest BCUT2D eigenvalue weighted by Crippen LogP contribution is 2.04. The molecule has 0 bridgehead atoms. The molecule has 0 aliphatic carbocycles. The van der Waals surface area contributed by atoms with Gasteiger partial charge in [-0.15, -0.1) is 0 Å². The molecule has 0 spiro atoms. The lowest BCUT2D eigenvalue weighted by molar-refractivity contribution is 0.0941. The normalized spacial score (nSPS) is 10.0. The summed E-state index contributed by atoms with van der Waals surface area (Å²) < 4.78 is 0. The van der Waals surface area contributed by atoms with Crippen LogP contribution in [0.5, 0.6) is 0 Å². The summed E-state index contributed by atoms with van der Waals surface area (Å²) in [5.74, 6) is -0.0789. The van der Waals surface area contributed by atoms with Gasteiger partial charge in [0.2, 0.25) is 5.82 Å². The van der Waals surface area contributed by atoms with Crippen molar-refractivity contribution in [1.29, 1.82) is 0 Å². The van der Waals surface area contributed by atoms with E-state index in [0.29, 0.717) is 12.2 Å². The smallest absolute Gasteiger partial charge is 0.288 e. The van der Waals surface area contributed by atoms with E-state index in [1.807, 2.05) is 12.1 Å². The molecule has 0 saturated heterocycles. The highest BCUT2D eigenvalue weighted by molar-refractivity contribution is 5.90. The lowest BCUT2D eigenvalue weighted by atomic mass is 10.2. The first-order valence-corrected chi connectivity index (χ1v) is 4.73. The summed E-state index contributed by atoms with van der Waals surface area (Å²) >= 11 is 0. The number of rotatable bonds is 3. The number of aromatic amines is 1. The van der Waals surface area contributed by atoms with E-state index in [-0.39, 0.29) is 11.7 Å². The number of benzene rings is 1. The molecule has 4 N–H and O–H groups in total. The molecule has 0 radical (unpaired) electrons. The van der Waals surface area contributed by atoms with Crippen LogP contribution in [0.3, 0.4) is 0 Å².